The van der Waals surface area contributed by atoms with Crippen molar-refractivity contribution < 1.29 is 4.79 Å². The molecule has 2 rings (SSSR count). The van der Waals surface area contributed by atoms with Gasteiger partial charge in [-0.15, -0.1) is 0 Å². The first kappa shape index (κ1) is 8.23. The molecular formula is C10H12N2O. The second kappa shape index (κ2) is 2.83. The van der Waals surface area contributed by atoms with Gasteiger partial charge in [-0.25, -0.2) is 0 Å². The molecule has 0 saturated heterocycles. The number of nitrogens with two attached hydrogens (primary N) is 1. The summed E-state index contributed by atoms with van der Waals surface area (Å²) in [5, 5.41) is 0. The number of rotatable bonds is 1. The van der Waals surface area contributed by atoms with Crippen LogP contribution in [0.25, 0.3) is 0 Å². The number of primary amides is 1. The summed E-state index contributed by atoms with van der Waals surface area (Å²) in [6.45, 7) is 2.15. The fraction of sp³-hybridized carbons (Fsp3) is 0.400. The predicted molar refractivity (Wildman–Crippen MR) is 49.5 cm³/mol. The smallest absolute Gasteiger partial charge is 0.250 e. The highest BCUT2D eigenvalue weighted by Gasteiger charge is 2.23. The molecule has 1 aliphatic rings. The van der Waals surface area contributed by atoms with Crippen molar-refractivity contribution >= 4 is 5.91 Å². The molecule has 3 heteroatoms. The monoisotopic (exact) mass is 176 g/mol. The van der Waals surface area contributed by atoms with Crippen LogP contribution in [-0.2, 0) is 6.42 Å². The summed E-state index contributed by atoms with van der Waals surface area (Å²) in [6, 6.07) is 0. The zero-order valence-corrected chi connectivity index (χ0v) is 7.58. The van der Waals surface area contributed by atoms with E-state index in [-0.39, 0.29) is 5.91 Å². The highest BCUT2D eigenvalue weighted by molar-refractivity contribution is 5.94. The van der Waals surface area contributed by atoms with Gasteiger partial charge in [0, 0.05) is 12.4 Å². The van der Waals surface area contributed by atoms with Crippen molar-refractivity contribution in [1.82, 2.24) is 4.98 Å². The number of carbonyl (C=O) groups is 1. The van der Waals surface area contributed by atoms with E-state index in [1.54, 1.807) is 6.20 Å². The van der Waals surface area contributed by atoms with Crippen LogP contribution in [0.2, 0.25) is 0 Å². The maximum absolute atomic E-state index is 11.0. The highest BCUT2D eigenvalue weighted by atomic mass is 16.1. The van der Waals surface area contributed by atoms with Crippen LogP contribution in [0.4, 0.5) is 0 Å². The Morgan fingerprint density at radius 3 is 3.08 bits per heavy atom. The fourth-order valence-corrected chi connectivity index (χ4v) is 1.94. The molecule has 3 nitrogen and oxygen atoms in total. The number of aromatic nitrogens is 1. The first-order chi connectivity index (χ1) is 6.20. The molecule has 1 aromatic rings. The Morgan fingerprint density at radius 2 is 2.38 bits per heavy atom. The van der Waals surface area contributed by atoms with Crippen molar-refractivity contribution in [3.63, 3.8) is 0 Å². The number of hydrogen-bond donors (Lipinski definition) is 1. The Hall–Kier alpha value is -1.38. The van der Waals surface area contributed by atoms with Crippen LogP contribution < -0.4 is 5.73 Å². The Labute approximate surface area is 77.0 Å². The van der Waals surface area contributed by atoms with Gasteiger partial charge >= 0.3 is 0 Å². The minimum atomic E-state index is -0.363. The summed E-state index contributed by atoms with van der Waals surface area (Å²) >= 11 is 0. The largest absolute Gasteiger partial charge is 0.366 e. The number of hydrogen-bond acceptors (Lipinski definition) is 2. The van der Waals surface area contributed by atoms with E-state index in [1.165, 1.54) is 5.56 Å². The van der Waals surface area contributed by atoms with Gasteiger partial charge < -0.3 is 5.73 Å². The lowest BCUT2D eigenvalue weighted by Crippen LogP contribution is -2.14. The third kappa shape index (κ3) is 1.20. The second-order valence-electron chi connectivity index (χ2n) is 3.56. The summed E-state index contributed by atoms with van der Waals surface area (Å²) in [4.78, 5) is 15.1. The van der Waals surface area contributed by atoms with Crippen LogP contribution in [0.15, 0.2) is 12.4 Å². The van der Waals surface area contributed by atoms with E-state index in [0.29, 0.717) is 11.5 Å². The van der Waals surface area contributed by atoms with E-state index in [4.69, 9.17) is 5.73 Å². The average Bonchev–Trinajstić information content (AvgIpc) is 2.48. The summed E-state index contributed by atoms with van der Waals surface area (Å²) in [6.07, 6.45) is 5.47. The standard InChI is InChI=1S/C10H12N2O/c1-6-2-3-7-8(6)4-12-5-9(7)10(11)13/h4-6H,2-3H2,1H3,(H2,11,13)/t6-/m1/s1. The molecule has 0 unspecified atom stereocenters. The van der Waals surface area contributed by atoms with Crippen LogP contribution in [0, 0.1) is 0 Å². The van der Waals surface area contributed by atoms with E-state index in [9.17, 15) is 4.79 Å². The van der Waals surface area contributed by atoms with Crippen molar-refractivity contribution in [2.24, 2.45) is 5.73 Å². The normalized spacial score (nSPS) is 19.9. The van der Waals surface area contributed by atoms with Gasteiger partial charge in [0.2, 0.25) is 0 Å². The molecule has 2 N–H and O–H groups in total. The number of nitrogens with zero attached hydrogens (tertiary/aromatic N) is 1. The predicted octanol–water partition coefficient (Wildman–Crippen LogP) is 1.23. The van der Waals surface area contributed by atoms with Crippen LogP contribution in [0.1, 0.15) is 40.7 Å². The third-order valence-electron chi connectivity index (χ3n) is 2.71. The molecule has 0 radical (unpaired) electrons. The lowest BCUT2D eigenvalue weighted by molar-refractivity contribution is 0.0999. The third-order valence-corrected chi connectivity index (χ3v) is 2.71. The molecule has 0 aliphatic heterocycles. The van der Waals surface area contributed by atoms with Crippen LogP contribution in [-0.4, -0.2) is 10.9 Å². The zero-order chi connectivity index (χ0) is 9.42. The molecule has 1 amide bonds. The highest BCUT2D eigenvalue weighted by Crippen LogP contribution is 2.33. The summed E-state index contributed by atoms with van der Waals surface area (Å²) < 4.78 is 0. The SMILES string of the molecule is C[C@@H]1CCc2c(C(N)=O)cncc21. The molecule has 68 valence electrons. The van der Waals surface area contributed by atoms with Crippen LogP contribution in [0.5, 0.6) is 0 Å². The maximum atomic E-state index is 11.0. The van der Waals surface area contributed by atoms with Gasteiger partial charge in [-0.1, -0.05) is 6.92 Å². The lowest BCUT2D eigenvalue weighted by Gasteiger charge is -2.05. The summed E-state index contributed by atoms with van der Waals surface area (Å²) in [5.74, 6) is 0.153. The van der Waals surface area contributed by atoms with Crippen LogP contribution >= 0.6 is 0 Å². The molecule has 0 aromatic carbocycles. The minimum Gasteiger partial charge on any atom is -0.366 e. The fourth-order valence-electron chi connectivity index (χ4n) is 1.94. The topological polar surface area (TPSA) is 56.0 Å². The van der Waals surface area contributed by atoms with Gasteiger partial charge in [0.1, 0.15) is 0 Å². The van der Waals surface area contributed by atoms with Crippen molar-refractivity contribution in [1.29, 1.82) is 0 Å². The zero-order valence-electron chi connectivity index (χ0n) is 7.58. The first-order valence-corrected chi connectivity index (χ1v) is 4.46. The molecule has 1 heterocycles. The lowest BCUT2D eigenvalue weighted by atomic mass is 10.0. The quantitative estimate of drug-likeness (QED) is 0.699. The van der Waals surface area contributed by atoms with E-state index in [2.05, 4.69) is 11.9 Å². The van der Waals surface area contributed by atoms with Gasteiger partial charge in [0.15, 0.2) is 0 Å². The van der Waals surface area contributed by atoms with Crippen molar-refractivity contribution in [3.8, 4) is 0 Å². The summed E-state index contributed by atoms with van der Waals surface area (Å²) in [7, 11) is 0. The van der Waals surface area contributed by atoms with Crippen molar-refractivity contribution in [2.75, 3.05) is 0 Å². The van der Waals surface area contributed by atoms with Crippen molar-refractivity contribution in [3.05, 3.63) is 29.1 Å². The molecule has 0 bridgehead atoms. The maximum Gasteiger partial charge on any atom is 0.250 e. The molecule has 1 aliphatic carbocycles. The molecule has 1 aromatic heterocycles. The van der Waals surface area contributed by atoms with Crippen molar-refractivity contribution in [2.45, 2.75) is 25.7 Å². The first-order valence-electron chi connectivity index (χ1n) is 4.46. The van der Waals surface area contributed by atoms with E-state index in [1.807, 2.05) is 6.20 Å². The van der Waals surface area contributed by atoms with E-state index >= 15 is 0 Å². The average molecular weight is 176 g/mol. The van der Waals surface area contributed by atoms with Gasteiger partial charge in [-0.2, -0.15) is 0 Å². The van der Waals surface area contributed by atoms with Gasteiger partial charge in [-0.05, 0) is 29.9 Å². The number of amides is 1. The minimum absolute atomic E-state index is 0.363. The van der Waals surface area contributed by atoms with Gasteiger partial charge in [0.25, 0.3) is 5.91 Å². The summed E-state index contributed by atoms with van der Waals surface area (Å²) in [5.41, 5.74) is 8.15. The number of pyridine rings is 1. The molecule has 0 fully saturated rings. The Balaban J connectivity index is 2.57. The molecule has 1 atom stereocenters. The van der Waals surface area contributed by atoms with Gasteiger partial charge in [-0.3, -0.25) is 9.78 Å². The Kier molecular flexibility index (Phi) is 1.79. The number of fused-ring (bicyclic) bond motifs is 1. The van der Waals surface area contributed by atoms with Gasteiger partial charge in [0.05, 0.1) is 5.56 Å². The molecule has 0 spiro atoms. The van der Waals surface area contributed by atoms with Crippen LogP contribution in [0.3, 0.4) is 0 Å². The molecule has 13 heavy (non-hydrogen) atoms. The molecular weight excluding hydrogens is 164 g/mol. The second-order valence-corrected chi connectivity index (χ2v) is 3.56. The number of carbonyl (C=O) groups excluding carboxylic acids is 1. The Bertz CT molecular complexity index is 360. The van der Waals surface area contributed by atoms with E-state index in [0.717, 1.165) is 18.4 Å². The van der Waals surface area contributed by atoms with E-state index < -0.39 is 0 Å². The Morgan fingerprint density at radius 1 is 1.62 bits per heavy atom. The molecule has 0 saturated carbocycles.